The van der Waals surface area contributed by atoms with E-state index in [9.17, 15) is 32.4 Å². The van der Waals surface area contributed by atoms with Gasteiger partial charge in [0.15, 0.2) is 9.84 Å². The molecule has 5 N–H and O–H groups in total. The minimum Gasteiger partial charge on any atom is -0.363 e. The summed E-state index contributed by atoms with van der Waals surface area (Å²) in [6, 6.07) is -3.68. The molecule has 4 atom stereocenters. The lowest BCUT2D eigenvalue weighted by molar-refractivity contribution is -0.151. The van der Waals surface area contributed by atoms with Gasteiger partial charge in [-0.25, -0.2) is 13.2 Å². The number of piperidine rings is 1. The van der Waals surface area contributed by atoms with Gasteiger partial charge in [0.2, 0.25) is 17.6 Å². The molecule has 0 bridgehead atoms. The molecule has 0 aromatic carbocycles. The maximum Gasteiger partial charge on any atom is 0.315 e. The Hall–Kier alpha value is -2.70. The third kappa shape index (κ3) is 9.44. The molecule has 0 aromatic heterocycles. The number of likely N-dealkylation sites (tertiary alicyclic amines) is 1. The Balaban J connectivity index is 1.88. The number of nitrogens with two attached hydrogens (primary N) is 1. The lowest BCUT2D eigenvalue weighted by Gasteiger charge is -2.49. The van der Waals surface area contributed by atoms with Crippen molar-refractivity contribution in [2.75, 3.05) is 18.1 Å². The zero-order chi connectivity index (χ0) is 34.7. The van der Waals surface area contributed by atoms with Crippen LogP contribution in [0.5, 0.6) is 0 Å². The summed E-state index contributed by atoms with van der Waals surface area (Å²) in [5.74, 6) is -2.91. The number of urea groups is 1. The summed E-state index contributed by atoms with van der Waals surface area (Å²) in [7, 11) is -3.39. The molecule has 3 rings (SSSR count). The molecular formula is C33H57N5O7S. The number of sulfone groups is 1. The highest BCUT2D eigenvalue weighted by atomic mass is 32.2. The van der Waals surface area contributed by atoms with Crippen LogP contribution in [0.1, 0.15) is 113 Å². The zero-order valence-electron chi connectivity index (χ0n) is 28.9. The number of ketones is 1. The number of Topliss-reactive ketones (excluding diaryl/α,β-unsaturated/α-hetero) is 1. The monoisotopic (exact) mass is 667 g/mol. The first kappa shape index (κ1) is 37.8. The number of hydrogen-bond donors (Lipinski definition) is 4. The van der Waals surface area contributed by atoms with Crippen LogP contribution in [0.4, 0.5) is 4.79 Å². The van der Waals surface area contributed by atoms with Crippen molar-refractivity contribution >= 4 is 39.4 Å². The van der Waals surface area contributed by atoms with Crippen LogP contribution in [0.3, 0.4) is 0 Å². The third-order valence-corrected chi connectivity index (χ3v) is 12.5. The van der Waals surface area contributed by atoms with Crippen LogP contribution in [0.25, 0.3) is 0 Å². The lowest BCUT2D eigenvalue weighted by Crippen LogP contribution is -2.66. The molecule has 2 aliphatic carbocycles. The van der Waals surface area contributed by atoms with Gasteiger partial charge >= 0.3 is 6.03 Å². The highest BCUT2D eigenvalue weighted by Crippen LogP contribution is 2.40. The van der Waals surface area contributed by atoms with Gasteiger partial charge in [0, 0.05) is 12.3 Å². The Morgan fingerprint density at radius 1 is 0.978 bits per heavy atom. The fraction of sp³-hybridized carbons (Fsp3) is 0.848. The van der Waals surface area contributed by atoms with E-state index in [2.05, 4.69) is 16.0 Å². The number of nitrogens with zero attached hydrogens (tertiary/aromatic N) is 1. The summed E-state index contributed by atoms with van der Waals surface area (Å²) in [6.45, 7) is 13.4. The maximum absolute atomic E-state index is 14.4. The van der Waals surface area contributed by atoms with E-state index in [-0.39, 0.29) is 35.3 Å². The van der Waals surface area contributed by atoms with Crippen molar-refractivity contribution in [3.8, 4) is 0 Å². The molecule has 12 nitrogen and oxygen atoms in total. The summed E-state index contributed by atoms with van der Waals surface area (Å²) in [4.78, 5) is 68.0. The highest BCUT2D eigenvalue weighted by Gasteiger charge is 2.48. The molecular weight excluding hydrogens is 610 g/mol. The minimum absolute atomic E-state index is 0.0118. The van der Waals surface area contributed by atoms with E-state index in [0.29, 0.717) is 25.7 Å². The third-order valence-electron chi connectivity index (χ3n) is 10.7. The SMILES string of the molecule is CCS(=O)(=O)CC1(NC(=O)N[C@H](C(=O)N2CC(C)C(C)(C)C[C@H]2C(=O)NC(CC2CCC2)C(=O)C(N)=O)C(C)(C)C)CCCCC1. The van der Waals surface area contributed by atoms with Crippen molar-refractivity contribution in [3.63, 3.8) is 0 Å². The smallest absolute Gasteiger partial charge is 0.315 e. The number of nitrogens with one attached hydrogen (secondary N) is 3. The van der Waals surface area contributed by atoms with Gasteiger partial charge in [-0.05, 0) is 48.3 Å². The largest absolute Gasteiger partial charge is 0.363 e. The normalized spacial score (nSPS) is 24.5. The number of rotatable bonds is 12. The van der Waals surface area contributed by atoms with E-state index in [1.165, 1.54) is 4.90 Å². The first-order chi connectivity index (χ1) is 21.2. The first-order valence-electron chi connectivity index (χ1n) is 16.9. The fourth-order valence-electron chi connectivity index (χ4n) is 6.97. The Bertz CT molecular complexity index is 1270. The number of amides is 5. The molecule has 1 saturated heterocycles. The van der Waals surface area contributed by atoms with Crippen LogP contribution in [-0.4, -0.2) is 84.6 Å². The molecule has 3 aliphatic rings. The van der Waals surface area contributed by atoms with Gasteiger partial charge in [0.1, 0.15) is 12.1 Å². The summed E-state index contributed by atoms with van der Waals surface area (Å²) in [5, 5.41) is 8.58. The predicted molar refractivity (Wildman–Crippen MR) is 176 cm³/mol. The average molecular weight is 668 g/mol. The Morgan fingerprint density at radius 2 is 1.59 bits per heavy atom. The number of primary amides is 1. The van der Waals surface area contributed by atoms with Crippen molar-refractivity contribution in [1.82, 2.24) is 20.9 Å². The molecule has 1 aliphatic heterocycles. The van der Waals surface area contributed by atoms with E-state index in [1.54, 1.807) is 6.92 Å². The van der Waals surface area contributed by atoms with Crippen LogP contribution >= 0.6 is 0 Å². The lowest BCUT2D eigenvalue weighted by atomic mass is 9.70. The molecule has 5 amide bonds. The Morgan fingerprint density at radius 3 is 2.09 bits per heavy atom. The van der Waals surface area contributed by atoms with Gasteiger partial charge < -0.3 is 26.6 Å². The summed E-state index contributed by atoms with van der Waals surface area (Å²) >= 11 is 0. The van der Waals surface area contributed by atoms with E-state index in [0.717, 1.165) is 38.5 Å². The summed E-state index contributed by atoms with van der Waals surface area (Å²) < 4.78 is 25.3. The van der Waals surface area contributed by atoms with Crippen LogP contribution in [0.2, 0.25) is 0 Å². The second kappa shape index (κ2) is 14.6. The molecule has 0 aromatic rings. The molecule has 3 fully saturated rings. The van der Waals surface area contributed by atoms with Crippen molar-refractivity contribution in [1.29, 1.82) is 0 Å². The van der Waals surface area contributed by atoms with Crippen molar-refractivity contribution < 1.29 is 32.4 Å². The van der Waals surface area contributed by atoms with E-state index in [1.807, 2.05) is 41.5 Å². The molecule has 13 heteroatoms. The summed E-state index contributed by atoms with van der Waals surface area (Å²) in [6.07, 6.45) is 7.06. The minimum atomic E-state index is -3.39. The molecule has 2 saturated carbocycles. The first-order valence-corrected chi connectivity index (χ1v) is 18.8. The van der Waals surface area contributed by atoms with Gasteiger partial charge in [-0.1, -0.05) is 87.0 Å². The molecule has 0 radical (unpaired) electrons. The van der Waals surface area contributed by atoms with Crippen molar-refractivity contribution in [3.05, 3.63) is 0 Å². The predicted octanol–water partition coefficient (Wildman–Crippen LogP) is 2.83. The number of hydrogen-bond acceptors (Lipinski definition) is 7. The fourth-order valence-corrected chi connectivity index (χ4v) is 8.38. The van der Waals surface area contributed by atoms with Gasteiger partial charge in [-0.3, -0.25) is 19.2 Å². The molecule has 2 unspecified atom stereocenters. The van der Waals surface area contributed by atoms with Crippen LogP contribution in [0.15, 0.2) is 0 Å². The van der Waals surface area contributed by atoms with Gasteiger partial charge in [-0.2, -0.15) is 0 Å². The standard InChI is InChI=1S/C33H57N5O7S/c1-8-46(44,45)20-33(15-10-9-11-16-33)37-30(43)36-26(31(3,4)5)29(42)38-19-21(2)32(6,7)18-24(38)28(41)35-23(25(39)27(34)40)17-22-13-12-14-22/h21-24,26H,8-20H2,1-7H3,(H2,34,40)(H,35,41)(H2,36,37,43)/t21?,23?,24-,26+/m0/s1. The Labute approximate surface area is 275 Å². The van der Waals surface area contributed by atoms with Crippen LogP contribution < -0.4 is 21.7 Å². The molecule has 0 spiro atoms. The number of carbonyl (C=O) groups excluding carboxylic acids is 5. The second-order valence-corrected chi connectivity index (χ2v) is 18.2. The van der Waals surface area contributed by atoms with Crippen LogP contribution in [0, 0.1) is 22.7 Å². The summed E-state index contributed by atoms with van der Waals surface area (Å²) in [5.41, 5.74) is 3.32. The number of carbonyl (C=O) groups is 5. The van der Waals surface area contributed by atoms with E-state index >= 15 is 0 Å². The molecule has 262 valence electrons. The maximum atomic E-state index is 14.4. The Kier molecular flexibility index (Phi) is 12.0. The van der Waals surface area contributed by atoms with Gasteiger partial charge in [0.25, 0.3) is 5.91 Å². The average Bonchev–Trinajstić information content (AvgIpc) is 2.92. The van der Waals surface area contributed by atoms with E-state index in [4.69, 9.17) is 5.73 Å². The second-order valence-electron chi connectivity index (χ2n) is 15.8. The van der Waals surface area contributed by atoms with E-state index < -0.39 is 68.5 Å². The highest BCUT2D eigenvalue weighted by molar-refractivity contribution is 7.91. The topological polar surface area (TPSA) is 185 Å². The molecule has 1 heterocycles. The van der Waals surface area contributed by atoms with Gasteiger partial charge in [0.05, 0.1) is 17.3 Å². The van der Waals surface area contributed by atoms with Crippen molar-refractivity contribution in [2.24, 2.45) is 28.4 Å². The quantitative estimate of drug-likeness (QED) is 0.231. The van der Waals surface area contributed by atoms with Crippen molar-refractivity contribution in [2.45, 2.75) is 136 Å². The zero-order valence-corrected chi connectivity index (χ0v) is 29.7. The molecule has 46 heavy (non-hydrogen) atoms. The van der Waals surface area contributed by atoms with Crippen LogP contribution in [-0.2, 0) is 29.0 Å². The van der Waals surface area contributed by atoms with Gasteiger partial charge in [-0.15, -0.1) is 0 Å².